The molecule has 2 aromatic rings. The molecule has 0 amide bonds. The van der Waals surface area contributed by atoms with Crippen molar-refractivity contribution in [1.29, 1.82) is 5.26 Å². The fraction of sp³-hybridized carbons (Fsp3) is 0.231. The van der Waals surface area contributed by atoms with E-state index in [0.717, 1.165) is 0 Å². The summed E-state index contributed by atoms with van der Waals surface area (Å²) in [5.74, 6) is -0.556. The molecule has 104 valence electrons. The largest absolute Gasteiger partial charge is 0.394 e. The summed E-state index contributed by atoms with van der Waals surface area (Å²) in [6.45, 7) is -0.433. The molecule has 0 aliphatic carbocycles. The smallest absolute Gasteiger partial charge is 0.149 e. The van der Waals surface area contributed by atoms with Crippen LogP contribution in [0.2, 0.25) is 5.02 Å². The molecule has 1 aromatic heterocycles. The molecule has 1 unspecified atom stereocenters. The van der Waals surface area contributed by atoms with E-state index in [2.05, 4.69) is 10.3 Å². The fourth-order valence-electron chi connectivity index (χ4n) is 1.79. The van der Waals surface area contributed by atoms with Gasteiger partial charge in [-0.05, 0) is 12.1 Å². The molecule has 1 aromatic carbocycles. The zero-order valence-electron chi connectivity index (χ0n) is 10.3. The molecule has 5 nitrogen and oxygen atoms in total. The monoisotopic (exact) mass is 295 g/mol. The summed E-state index contributed by atoms with van der Waals surface area (Å²) in [5, 5.41) is 30.6. The number of nitriles is 1. The van der Waals surface area contributed by atoms with Crippen molar-refractivity contribution in [2.75, 3.05) is 18.5 Å². The molecule has 0 radical (unpaired) electrons. The molecule has 0 saturated heterocycles. The lowest BCUT2D eigenvalue weighted by Crippen LogP contribution is -2.23. The number of benzene rings is 1. The molecule has 3 N–H and O–H groups in total. The van der Waals surface area contributed by atoms with Gasteiger partial charge >= 0.3 is 0 Å². The lowest BCUT2D eigenvalue weighted by molar-refractivity contribution is 0.105. The predicted octanol–water partition coefficient (Wildman–Crippen LogP) is 1.66. The van der Waals surface area contributed by atoms with Gasteiger partial charge in [-0.1, -0.05) is 11.6 Å². The minimum absolute atomic E-state index is 0.00284. The molecular formula is C13H11ClFN3O2. The van der Waals surface area contributed by atoms with Crippen molar-refractivity contribution >= 4 is 28.2 Å². The van der Waals surface area contributed by atoms with Gasteiger partial charge in [0.05, 0.1) is 29.0 Å². The van der Waals surface area contributed by atoms with E-state index in [1.807, 2.05) is 6.07 Å². The highest BCUT2D eigenvalue weighted by Crippen LogP contribution is 2.33. The molecule has 0 spiro atoms. The van der Waals surface area contributed by atoms with Gasteiger partial charge in [0.1, 0.15) is 17.4 Å². The van der Waals surface area contributed by atoms with E-state index in [0.29, 0.717) is 0 Å². The Bertz CT molecular complexity index is 687. The second-order valence-corrected chi connectivity index (χ2v) is 4.54. The van der Waals surface area contributed by atoms with Crippen molar-refractivity contribution in [3.63, 3.8) is 0 Å². The van der Waals surface area contributed by atoms with Crippen molar-refractivity contribution in [1.82, 2.24) is 4.98 Å². The van der Waals surface area contributed by atoms with Crippen LogP contribution in [0.3, 0.4) is 0 Å². The number of aromatic nitrogens is 1. The first-order chi connectivity index (χ1) is 9.58. The highest BCUT2D eigenvalue weighted by atomic mass is 35.5. The number of aliphatic hydroxyl groups excluding tert-OH is 2. The number of fused-ring (bicyclic) bond motifs is 1. The van der Waals surface area contributed by atoms with E-state index in [-0.39, 0.29) is 33.7 Å². The summed E-state index contributed by atoms with van der Waals surface area (Å²) in [6.07, 6.45) is 0.229. The van der Waals surface area contributed by atoms with Crippen molar-refractivity contribution in [3.8, 4) is 6.07 Å². The summed E-state index contributed by atoms with van der Waals surface area (Å²) in [7, 11) is 0. The maximum atomic E-state index is 13.7. The van der Waals surface area contributed by atoms with Gasteiger partial charge in [0.25, 0.3) is 0 Å². The van der Waals surface area contributed by atoms with Crippen LogP contribution in [0.1, 0.15) is 5.56 Å². The lowest BCUT2D eigenvalue weighted by atomic mass is 10.1. The highest BCUT2D eigenvalue weighted by molar-refractivity contribution is 6.36. The molecule has 2 rings (SSSR count). The van der Waals surface area contributed by atoms with Gasteiger partial charge in [0.15, 0.2) is 0 Å². The normalized spacial score (nSPS) is 12.2. The zero-order valence-corrected chi connectivity index (χ0v) is 11.0. The van der Waals surface area contributed by atoms with Gasteiger partial charge < -0.3 is 15.5 Å². The van der Waals surface area contributed by atoms with Crippen LogP contribution in [-0.4, -0.2) is 34.5 Å². The second-order valence-electron chi connectivity index (χ2n) is 4.13. The van der Waals surface area contributed by atoms with Crippen LogP contribution in [0.5, 0.6) is 0 Å². The second kappa shape index (κ2) is 6.01. The first kappa shape index (κ1) is 14.5. The van der Waals surface area contributed by atoms with Crippen LogP contribution in [0.4, 0.5) is 10.1 Å². The van der Waals surface area contributed by atoms with Gasteiger partial charge in [0, 0.05) is 18.1 Å². The number of anilines is 1. The van der Waals surface area contributed by atoms with Gasteiger partial charge in [-0.25, -0.2) is 4.39 Å². The zero-order chi connectivity index (χ0) is 14.7. The molecule has 0 saturated carbocycles. The Morgan fingerprint density at radius 2 is 2.25 bits per heavy atom. The van der Waals surface area contributed by atoms with Gasteiger partial charge in [-0.15, -0.1) is 0 Å². The number of nitrogens with zero attached hydrogens (tertiary/aromatic N) is 2. The Morgan fingerprint density at radius 3 is 2.90 bits per heavy atom. The molecule has 20 heavy (non-hydrogen) atoms. The lowest BCUT2D eigenvalue weighted by Gasteiger charge is -2.14. The molecule has 0 fully saturated rings. The minimum Gasteiger partial charge on any atom is -0.394 e. The Labute approximate surface area is 119 Å². The van der Waals surface area contributed by atoms with Crippen LogP contribution >= 0.6 is 11.6 Å². The van der Waals surface area contributed by atoms with E-state index in [1.165, 1.54) is 18.3 Å². The Hall–Kier alpha value is -1.94. The highest BCUT2D eigenvalue weighted by Gasteiger charge is 2.15. The van der Waals surface area contributed by atoms with E-state index < -0.39 is 18.5 Å². The summed E-state index contributed by atoms with van der Waals surface area (Å²) >= 11 is 6.04. The fourth-order valence-corrected chi connectivity index (χ4v) is 2.03. The topological polar surface area (TPSA) is 89.2 Å². The van der Waals surface area contributed by atoms with E-state index in [9.17, 15) is 9.50 Å². The number of hydrogen-bond donors (Lipinski definition) is 3. The van der Waals surface area contributed by atoms with Crippen LogP contribution in [0.25, 0.3) is 10.9 Å². The molecule has 1 atom stereocenters. The van der Waals surface area contributed by atoms with Crippen LogP contribution in [0.15, 0.2) is 18.3 Å². The molecule has 1 heterocycles. The summed E-state index contributed by atoms with van der Waals surface area (Å²) in [6, 6.07) is 4.49. The number of nitrogens with one attached hydrogen (secondary N) is 1. The van der Waals surface area contributed by atoms with Gasteiger partial charge in [-0.2, -0.15) is 5.26 Å². The number of aliphatic hydroxyl groups is 2. The molecule has 7 heteroatoms. The SMILES string of the molecule is N#Cc1cnc2c(F)ccc(Cl)c2c1NCC(O)CO. The summed E-state index contributed by atoms with van der Waals surface area (Å²) < 4.78 is 13.7. The average molecular weight is 296 g/mol. The van der Waals surface area contributed by atoms with Crippen molar-refractivity contribution in [3.05, 3.63) is 34.7 Å². The Morgan fingerprint density at radius 1 is 1.50 bits per heavy atom. The number of halogens is 2. The quantitative estimate of drug-likeness (QED) is 0.798. The summed E-state index contributed by atoms with van der Waals surface area (Å²) in [5.41, 5.74) is 0.502. The van der Waals surface area contributed by atoms with Crippen molar-refractivity contribution < 1.29 is 14.6 Å². The van der Waals surface area contributed by atoms with Crippen LogP contribution in [0, 0.1) is 17.1 Å². The standard InChI is InChI=1S/C13H11ClFN3O2/c14-9-1-2-10(15)13-11(9)12(7(3-16)4-17-13)18-5-8(20)6-19/h1-2,4,8,19-20H,5-6H2,(H,17,18). The molecular weight excluding hydrogens is 285 g/mol. The molecule has 0 aliphatic rings. The van der Waals surface area contributed by atoms with Crippen LogP contribution in [-0.2, 0) is 0 Å². The first-order valence-electron chi connectivity index (χ1n) is 5.78. The van der Waals surface area contributed by atoms with E-state index in [4.69, 9.17) is 22.0 Å². The van der Waals surface area contributed by atoms with Crippen molar-refractivity contribution in [2.24, 2.45) is 0 Å². The molecule has 0 bridgehead atoms. The number of hydrogen-bond acceptors (Lipinski definition) is 5. The number of rotatable bonds is 4. The first-order valence-corrected chi connectivity index (χ1v) is 6.16. The maximum absolute atomic E-state index is 13.7. The van der Waals surface area contributed by atoms with E-state index >= 15 is 0 Å². The third-order valence-electron chi connectivity index (χ3n) is 2.77. The average Bonchev–Trinajstić information content (AvgIpc) is 2.47. The van der Waals surface area contributed by atoms with Gasteiger partial charge in [-0.3, -0.25) is 4.98 Å². The Kier molecular flexibility index (Phi) is 4.35. The van der Waals surface area contributed by atoms with E-state index in [1.54, 1.807) is 0 Å². The minimum atomic E-state index is -1.00. The number of pyridine rings is 1. The predicted molar refractivity (Wildman–Crippen MR) is 73.0 cm³/mol. The third kappa shape index (κ3) is 2.65. The van der Waals surface area contributed by atoms with Crippen LogP contribution < -0.4 is 5.32 Å². The summed E-state index contributed by atoms with van der Waals surface area (Å²) in [4.78, 5) is 3.89. The van der Waals surface area contributed by atoms with Crippen molar-refractivity contribution in [2.45, 2.75) is 6.10 Å². The van der Waals surface area contributed by atoms with Gasteiger partial charge in [0.2, 0.25) is 0 Å². The maximum Gasteiger partial charge on any atom is 0.149 e. The third-order valence-corrected chi connectivity index (χ3v) is 3.08. The molecule has 0 aliphatic heterocycles. The Balaban J connectivity index is 2.60.